The van der Waals surface area contributed by atoms with Crippen molar-refractivity contribution in [3.8, 4) is 5.75 Å². The van der Waals surface area contributed by atoms with Crippen molar-refractivity contribution in [2.24, 2.45) is 0 Å². The Labute approximate surface area is 183 Å². The summed E-state index contributed by atoms with van der Waals surface area (Å²) in [6.45, 7) is 8.03. The highest BCUT2D eigenvalue weighted by molar-refractivity contribution is 5.76. The predicted molar refractivity (Wildman–Crippen MR) is 119 cm³/mol. The number of Topliss-reactive ketones (excluding diaryl/α,β-unsaturated/α-hetero) is 1. The highest BCUT2D eigenvalue weighted by Gasteiger charge is 2.29. The van der Waals surface area contributed by atoms with Crippen LogP contribution in [0, 0.1) is 5.82 Å². The van der Waals surface area contributed by atoms with Gasteiger partial charge in [0.05, 0.1) is 12.7 Å². The third kappa shape index (κ3) is 4.97. The lowest BCUT2D eigenvalue weighted by molar-refractivity contribution is -0.117. The number of ether oxygens (including phenoxy) is 1. The summed E-state index contributed by atoms with van der Waals surface area (Å²) < 4.78 is 20.7. The van der Waals surface area contributed by atoms with Gasteiger partial charge < -0.3 is 19.3 Å². The number of aromatic nitrogens is 2. The van der Waals surface area contributed by atoms with Crippen LogP contribution in [-0.2, 0) is 4.79 Å². The molecule has 2 aromatic rings. The van der Waals surface area contributed by atoms with Crippen LogP contribution in [0.5, 0.6) is 5.75 Å². The lowest BCUT2D eigenvalue weighted by Gasteiger charge is -2.24. The van der Waals surface area contributed by atoms with Crippen molar-refractivity contribution in [1.29, 1.82) is 0 Å². The molecule has 3 atom stereocenters. The summed E-state index contributed by atoms with van der Waals surface area (Å²) in [4.78, 5) is 24.2. The van der Waals surface area contributed by atoms with E-state index in [1.54, 1.807) is 6.92 Å². The monoisotopic (exact) mass is 426 g/mol. The summed E-state index contributed by atoms with van der Waals surface area (Å²) in [6, 6.07) is 8.32. The number of nitrogens with zero attached hydrogens (tertiary/aromatic N) is 4. The van der Waals surface area contributed by atoms with Gasteiger partial charge in [0.2, 0.25) is 5.95 Å². The lowest BCUT2D eigenvalue weighted by atomic mass is 9.96. The SMILES string of the molecule is CC(=O)C[C@@H](C)c1ccc(O[C@@H]2CCN(c3nc(N4CCC[C@H]4C)ncc3F)C2)cc1. The first-order chi connectivity index (χ1) is 14.9. The van der Waals surface area contributed by atoms with E-state index in [9.17, 15) is 9.18 Å². The van der Waals surface area contributed by atoms with Crippen LogP contribution in [0.3, 0.4) is 0 Å². The van der Waals surface area contributed by atoms with E-state index in [0.717, 1.165) is 37.1 Å². The third-order valence-corrected chi connectivity index (χ3v) is 6.31. The summed E-state index contributed by atoms with van der Waals surface area (Å²) >= 11 is 0. The highest BCUT2D eigenvalue weighted by Crippen LogP contribution is 2.29. The second-order valence-corrected chi connectivity index (χ2v) is 8.88. The molecule has 166 valence electrons. The Morgan fingerprint density at radius 1 is 1.26 bits per heavy atom. The second-order valence-electron chi connectivity index (χ2n) is 8.88. The molecule has 4 rings (SSSR count). The molecule has 2 aliphatic rings. The van der Waals surface area contributed by atoms with E-state index in [1.165, 1.54) is 6.20 Å². The average Bonchev–Trinajstić information content (AvgIpc) is 3.37. The summed E-state index contributed by atoms with van der Waals surface area (Å²) in [6.07, 6.45) is 4.84. The maximum atomic E-state index is 14.5. The number of hydrogen-bond acceptors (Lipinski definition) is 6. The average molecular weight is 427 g/mol. The molecule has 31 heavy (non-hydrogen) atoms. The van der Waals surface area contributed by atoms with Crippen LogP contribution < -0.4 is 14.5 Å². The molecule has 0 unspecified atom stereocenters. The van der Waals surface area contributed by atoms with Crippen LogP contribution in [-0.4, -0.2) is 47.5 Å². The summed E-state index contributed by atoms with van der Waals surface area (Å²) in [5.74, 6) is 1.77. The van der Waals surface area contributed by atoms with Crippen molar-refractivity contribution in [2.45, 2.75) is 64.5 Å². The first-order valence-electron chi connectivity index (χ1n) is 11.2. The summed E-state index contributed by atoms with van der Waals surface area (Å²) in [5.41, 5.74) is 1.13. The quantitative estimate of drug-likeness (QED) is 0.656. The maximum absolute atomic E-state index is 14.5. The van der Waals surface area contributed by atoms with Gasteiger partial charge in [0.1, 0.15) is 17.6 Å². The molecule has 2 saturated heterocycles. The highest BCUT2D eigenvalue weighted by atomic mass is 19.1. The minimum Gasteiger partial charge on any atom is -0.489 e. The van der Waals surface area contributed by atoms with Crippen LogP contribution in [0.1, 0.15) is 57.9 Å². The fraction of sp³-hybridized carbons (Fsp3) is 0.542. The molecule has 0 amide bonds. The maximum Gasteiger partial charge on any atom is 0.227 e. The molecule has 3 heterocycles. The number of hydrogen-bond donors (Lipinski definition) is 0. The predicted octanol–water partition coefficient (Wildman–Crippen LogP) is 4.34. The Morgan fingerprint density at radius 2 is 2.03 bits per heavy atom. The number of carbonyl (C=O) groups is 1. The summed E-state index contributed by atoms with van der Waals surface area (Å²) in [5, 5.41) is 0. The topological polar surface area (TPSA) is 58.6 Å². The minimum atomic E-state index is -0.389. The third-order valence-electron chi connectivity index (χ3n) is 6.31. The Morgan fingerprint density at radius 3 is 2.71 bits per heavy atom. The van der Waals surface area contributed by atoms with Crippen LogP contribution in [0.15, 0.2) is 30.5 Å². The molecule has 6 nitrogen and oxygen atoms in total. The fourth-order valence-electron chi connectivity index (χ4n) is 4.57. The Kier molecular flexibility index (Phi) is 6.39. The molecule has 0 N–H and O–H groups in total. The molecule has 7 heteroatoms. The van der Waals surface area contributed by atoms with Gasteiger partial charge in [-0.2, -0.15) is 4.98 Å². The van der Waals surface area contributed by atoms with E-state index in [4.69, 9.17) is 4.74 Å². The van der Waals surface area contributed by atoms with Crippen molar-refractivity contribution < 1.29 is 13.9 Å². The van der Waals surface area contributed by atoms with Gasteiger partial charge in [-0.3, -0.25) is 0 Å². The zero-order chi connectivity index (χ0) is 22.0. The molecule has 0 saturated carbocycles. The van der Waals surface area contributed by atoms with Gasteiger partial charge in [0.25, 0.3) is 0 Å². The van der Waals surface area contributed by atoms with Gasteiger partial charge in [-0.15, -0.1) is 0 Å². The Hall–Kier alpha value is -2.70. The number of rotatable bonds is 7. The lowest BCUT2D eigenvalue weighted by Crippen LogP contribution is -2.30. The van der Waals surface area contributed by atoms with Crippen molar-refractivity contribution in [3.63, 3.8) is 0 Å². The largest absolute Gasteiger partial charge is 0.489 e. The van der Waals surface area contributed by atoms with Crippen LogP contribution in [0.2, 0.25) is 0 Å². The van der Waals surface area contributed by atoms with Crippen molar-refractivity contribution in [1.82, 2.24) is 9.97 Å². The standard InChI is InChI=1S/C24H31FN4O2/c1-16(13-18(3)30)19-6-8-20(9-7-19)31-21-10-12-28(15-21)23-22(25)14-26-24(27-23)29-11-4-5-17(29)2/h6-9,14,16-17,21H,4-5,10-13,15H2,1-3H3/t16-,17-,21-/m1/s1. The number of benzene rings is 1. The molecule has 0 aliphatic carbocycles. The molecular weight excluding hydrogens is 395 g/mol. The van der Waals surface area contributed by atoms with E-state index in [1.807, 2.05) is 29.2 Å². The van der Waals surface area contributed by atoms with E-state index >= 15 is 0 Å². The molecular formula is C24H31FN4O2. The summed E-state index contributed by atoms with van der Waals surface area (Å²) in [7, 11) is 0. The van der Waals surface area contributed by atoms with E-state index < -0.39 is 0 Å². The van der Waals surface area contributed by atoms with E-state index in [-0.39, 0.29) is 23.6 Å². The first-order valence-corrected chi connectivity index (χ1v) is 11.2. The smallest absolute Gasteiger partial charge is 0.227 e. The van der Waals surface area contributed by atoms with E-state index in [0.29, 0.717) is 37.3 Å². The van der Waals surface area contributed by atoms with Crippen LogP contribution in [0.25, 0.3) is 0 Å². The van der Waals surface area contributed by atoms with Crippen LogP contribution in [0.4, 0.5) is 16.2 Å². The Bertz CT molecular complexity index is 920. The second kappa shape index (κ2) is 9.20. The zero-order valence-corrected chi connectivity index (χ0v) is 18.6. The number of carbonyl (C=O) groups excluding carboxylic acids is 1. The van der Waals surface area contributed by atoms with Gasteiger partial charge in [0.15, 0.2) is 11.6 Å². The fourth-order valence-corrected chi connectivity index (χ4v) is 4.57. The minimum absolute atomic E-state index is 0.0241. The number of halogens is 1. The normalized spacial score (nSPS) is 22.1. The van der Waals surface area contributed by atoms with Crippen molar-refractivity contribution >= 4 is 17.5 Å². The van der Waals surface area contributed by atoms with Gasteiger partial charge in [0, 0.05) is 32.0 Å². The van der Waals surface area contributed by atoms with Crippen LogP contribution >= 0.6 is 0 Å². The molecule has 2 aliphatic heterocycles. The van der Waals surface area contributed by atoms with Gasteiger partial charge in [-0.25, -0.2) is 9.37 Å². The molecule has 1 aromatic carbocycles. The van der Waals surface area contributed by atoms with Gasteiger partial charge in [-0.1, -0.05) is 19.1 Å². The molecule has 0 spiro atoms. The molecule has 0 radical (unpaired) electrons. The van der Waals surface area contributed by atoms with Gasteiger partial charge in [-0.05, 0) is 50.3 Å². The Balaban J connectivity index is 1.39. The first kappa shape index (κ1) is 21.5. The van der Waals surface area contributed by atoms with Gasteiger partial charge >= 0.3 is 0 Å². The number of anilines is 2. The molecule has 1 aromatic heterocycles. The van der Waals surface area contributed by atoms with Crippen molar-refractivity contribution in [2.75, 3.05) is 29.4 Å². The number of ketones is 1. The zero-order valence-electron chi connectivity index (χ0n) is 18.6. The molecule has 0 bridgehead atoms. The molecule has 2 fully saturated rings. The van der Waals surface area contributed by atoms with E-state index in [2.05, 4.69) is 28.7 Å². The van der Waals surface area contributed by atoms with Crippen molar-refractivity contribution in [3.05, 3.63) is 41.8 Å².